The molecule has 1 fully saturated rings. The van der Waals surface area contributed by atoms with Crippen molar-refractivity contribution in [3.63, 3.8) is 0 Å². The molecule has 7 atom stereocenters. The van der Waals surface area contributed by atoms with Gasteiger partial charge >= 0.3 is 0 Å². The van der Waals surface area contributed by atoms with Crippen LogP contribution in [0.4, 0.5) is 0 Å². The summed E-state index contributed by atoms with van der Waals surface area (Å²) >= 11 is 0. The van der Waals surface area contributed by atoms with Crippen LogP contribution >= 0.6 is 0 Å². The lowest BCUT2D eigenvalue weighted by Crippen LogP contribution is -2.60. The number of aromatic hydroxyl groups is 3. The fourth-order valence-electron chi connectivity index (χ4n) is 6.51. The average molecular weight is 582 g/mol. The third kappa shape index (κ3) is 4.91. The first-order chi connectivity index (χ1) is 20.2. The lowest BCUT2D eigenvalue weighted by atomic mass is 9.78. The maximum atomic E-state index is 11.0. The molecule has 0 spiro atoms. The molecule has 1 saturated heterocycles. The van der Waals surface area contributed by atoms with E-state index >= 15 is 0 Å². The zero-order chi connectivity index (χ0) is 29.7. The Balaban J connectivity index is 1.28. The zero-order valence-electron chi connectivity index (χ0n) is 23.0. The van der Waals surface area contributed by atoms with Gasteiger partial charge in [-0.15, -0.1) is 0 Å². The fraction of sp³-hybridized carbons (Fsp3) is 0.419. The van der Waals surface area contributed by atoms with Gasteiger partial charge in [-0.05, 0) is 71.8 Å². The zero-order valence-corrected chi connectivity index (χ0v) is 23.0. The predicted octanol–water partition coefficient (Wildman–Crippen LogP) is 1.43. The second kappa shape index (κ2) is 11.3. The predicted molar refractivity (Wildman–Crippen MR) is 149 cm³/mol. The smallest absolute Gasteiger partial charge is 0.229 e. The van der Waals surface area contributed by atoms with Crippen molar-refractivity contribution >= 4 is 0 Å². The lowest BCUT2D eigenvalue weighted by Gasteiger charge is -2.47. The highest BCUT2D eigenvalue weighted by molar-refractivity contribution is 5.55. The summed E-state index contributed by atoms with van der Waals surface area (Å²) in [5.41, 5.74) is 4.64. The second-order valence-corrected chi connectivity index (χ2v) is 11.1. The van der Waals surface area contributed by atoms with Crippen LogP contribution in [-0.2, 0) is 24.0 Å². The first-order valence-electron chi connectivity index (χ1n) is 14.0. The fourth-order valence-corrected chi connectivity index (χ4v) is 6.51. The summed E-state index contributed by atoms with van der Waals surface area (Å²) < 4.78 is 16.6. The normalized spacial score (nSPS) is 28.8. The molecule has 3 aliphatic heterocycles. The van der Waals surface area contributed by atoms with Gasteiger partial charge in [0.05, 0.1) is 13.7 Å². The Morgan fingerprint density at radius 1 is 0.905 bits per heavy atom. The Bertz CT molecular complexity index is 1440. The van der Waals surface area contributed by atoms with Gasteiger partial charge in [0.1, 0.15) is 30.2 Å². The van der Waals surface area contributed by atoms with Gasteiger partial charge in [0.15, 0.2) is 23.0 Å². The number of fused-ring (bicyclic) bond motifs is 4. The van der Waals surface area contributed by atoms with Crippen molar-refractivity contribution in [2.24, 2.45) is 0 Å². The van der Waals surface area contributed by atoms with Crippen LogP contribution in [0.25, 0.3) is 0 Å². The molecule has 0 aliphatic carbocycles. The SMILES string of the molecule is COc1cc2c(cc1O)CCN1C2Cc2ccc(O)c(O)c2C1Cc1ccc(O[C@@H]2O[C@H](CO)[C@@H](O)[C@H](O)[C@H]2O)cc1. The Labute approximate surface area is 242 Å². The molecule has 11 heteroatoms. The Kier molecular flexibility index (Phi) is 7.64. The standard InChI is InChI=1S/C31H35NO10/c1-40-24-13-19-16(12-23(24)35)8-9-32-20(19)11-17-4-7-22(34)27(36)26(17)21(32)10-15-2-5-18(6-3-15)41-31-30(39)29(38)28(37)25(14-33)42-31/h2-7,12-13,20-21,25,28-31,33-39H,8-11,14H2,1H3/t20?,21?,25-,28-,29+,30-,31-/m1/s1. The highest BCUT2D eigenvalue weighted by atomic mass is 16.7. The van der Waals surface area contributed by atoms with Gasteiger partial charge < -0.3 is 50.0 Å². The summed E-state index contributed by atoms with van der Waals surface area (Å²) in [6, 6.07) is 13.8. The summed E-state index contributed by atoms with van der Waals surface area (Å²) in [6.45, 7) is 0.131. The van der Waals surface area contributed by atoms with Crippen LogP contribution in [-0.4, -0.2) is 91.6 Å². The van der Waals surface area contributed by atoms with E-state index in [4.69, 9.17) is 14.2 Å². The Morgan fingerprint density at radius 2 is 1.67 bits per heavy atom. The van der Waals surface area contributed by atoms with Crippen molar-refractivity contribution in [1.29, 1.82) is 0 Å². The Morgan fingerprint density at radius 3 is 2.38 bits per heavy atom. The largest absolute Gasteiger partial charge is 0.504 e. The number of aliphatic hydroxyl groups is 4. The number of benzene rings is 3. The molecule has 2 unspecified atom stereocenters. The van der Waals surface area contributed by atoms with Crippen molar-refractivity contribution in [3.8, 4) is 28.7 Å². The monoisotopic (exact) mass is 581 g/mol. The molecule has 42 heavy (non-hydrogen) atoms. The summed E-state index contributed by atoms with van der Waals surface area (Å²) in [5.74, 6) is 0.550. The number of nitrogens with zero attached hydrogens (tertiary/aromatic N) is 1. The highest BCUT2D eigenvalue weighted by Gasteiger charge is 2.45. The van der Waals surface area contributed by atoms with E-state index in [1.165, 1.54) is 13.2 Å². The average Bonchev–Trinajstić information content (AvgIpc) is 2.99. The third-order valence-corrected chi connectivity index (χ3v) is 8.73. The minimum absolute atomic E-state index is 0.0292. The maximum Gasteiger partial charge on any atom is 0.229 e. The van der Waals surface area contributed by atoms with Crippen LogP contribution in [0, 0.1) is 0 Å². The minimum Gasteiger partial charge on any atom is -0.504 e. The molecular formula is C31H35NO10. The number of phenols is 3. The third-order valence-electron chi connectivity index (χ3n) is 8.73. The number of ether oxygens (including phenoxy) is 3. The van der Waals surface area contributed by atoms with Gasteiger partial charge in [-0.25, -0.2) is 0 Å². The van der Waals surface area contributed by atoms with Crippen LogP contribution in [0.3, 0.4) is 0 Å². The summed E-state index contributed by atoms with van der Waals surface area (Å²) in [6.07, 6.45) is -5.08. The number of rotatable bonds is 6. The summed E-state index contributed by atoms with van der Waals surface area (Å²) in [5, 5.41) is 71.5. The van der Waals surface area contributed by atoms with Crippen LogP contribution in [0.2, 0.25) is 0 Å². The summed E-state index contributed by atoms with van der Waals surface area (Å²) in [4.78, 5) is 2.32. The molecule has 0 radical (unpaired) electrons. The number of aliphatic hydroxyl groups excluding tert-OH is 4. The van der Waals surface area contributed by atoms with Gasteiger partial charge in [0.2, 0.25) is 6.29 Å². The molecule has 3 aromatic rings. The van der Waals surface area contributed by atoms with Crippen LogP contribution in [0.5, 0.6) is 28.7 Å². The minimum atomic E-state index is -1.54. The van der Waals surface area contributed by atoms with Gasteiger partial charge in [0, 0.05) is 24.2 Å². The van der Waals surface area contributed by atoms with E-state index in [-0.39, 0.29) is 29.3 Å². The second-order valence-electron chi connectivity index (χ2n) is 11.1. The molecule has 7 N–H and O–H groups in total. The van der Waals surface area contributed by atoms with E-state index in [1.54, 1.807) is 18.2 Å². The van der Waals surface area contributed by atoms with E-state index in [9.17, 15) is 35.7 Å². The topological polar surface area (TPSA) is 173 Å². The van der Waals surface area contributed by atoms with Gasteiger partial charge in [-0.1, -0.05) is 18.2 Å². The summed E-state index contributed by atoms with van der Waals surface area (Å²) in [7, 11) is 1.52. The Hall–Kier alpha value is -3.58. The first-order valence-corrected chi connectivity index (χ1v) is 14.0. The van der Waals surface area contributed by atoms with Crippen molar-refractivity contribution in [2.45, 2.75) is 62.1 Å². The van der Waals surface area contributed by atoms with Crippen molar-refractivity contribution in [1.82, 2.24) is 4.90 Å². The molecular weight excluding hydrogens is 546 g/mol. The van der Waals surface area contributed by atoms with Crippen molar-refractivity contribution < 1.29 is 50.0 Å². The first kappa shape index (κ1) is 28.5. The molecule has 224 valence electrons. The molecule has 3 aromatic carbocycles. The van der Waals surface area contributed by atoms with Crippen molar-refractivity contribution in [2.75, 3.05) is 20.3 Å². The maximum absolute atomic E-state index is 11.0. The molecule has 3 aliphatic rings. The highest BCUT2D eigenvalue weighted by Crippen LogP contribution is 2.50. The molecule has 0 saturated carbocycles. The van der Waals surface area contributed by atoms with Gasteiger partial charge in [-0.3, -0.25) is 4.90 Å². The van der Waals surface area contributed by atoms with E-state index in [0.29, 0.717) is 42.9 Å². The molecule has 6 rings (SSSR count). The van der Waals surface area contributed by atoms with Crippen LogP contribution < -0.4 is 9.47 Å². The van der Waals surface area contributed by atoms with Gasteiger partial charge in [-0.2, -0.15) is 0 Å². The van der Waals surface area contributed by atoms with E-state index < -0.39 is 37.3 Å². The van der Waals surface area contributed by atoms with Crippen molar-refractivity contribution in [3.05, 3.63) is 76.3 Å². The number of phenolic OH excluding ortho intramolecular Hbond substituents is 3. The molecule has 0 bridgehead atoms. The van der Waals surface area contributed by atoms with Crippen LogP contribution in [0.1, 0.15) is 39.9 Å². The van der Waals surface area contributed by atoms with Crippen LogP contribution in [0.15, 0.2) is 48.5 Å². The molecule has 0 amide bonds. The molecule has 0 aromatic heterocycles. The lowest BCUT2D eigenvalue weighted by molar-refractivity contribution is -0.277. The van der Waals surface area contributed by atoms with Gasteiger partial charge in [0.25, 0.3) is 0 Å². The number of methoxy groups -OCH3 is 1. The van der Waals surface area contributed by atoms with E-state index in [2.05, 4.69) is 4.90 Å². The van der Waals surface area contributed by atoms with E-state index in [0.717, 1.165) is 22.3 Å². The molecule has 3 heterocycles. The number of hydrogen-bond donors (Lipinski definition) is 7. The molecule has 11 nitrogen and oxygen atoms in total. The number of hydrogen-bond acceptors (Lipinski definition) is 11. The van der Waals surface area contributed by atoms with E-state index in [1.807, 2.05) is 24.3 Å². The quantitative estimate of drug-likeness (QED) is 0.210.